The predicted molar refractivity (Wildman–Crippen MR) is 119 cm³/mol. The van der Waals surface area contributed by atoms with E-state index in [0.29, 0.717) is 11.5 Å². The first-order valence-electron chi connectivity index (χ1n) is 11.0. The van der Waals surface area contributed by atoms with Crippen LogP contribution in [0.15, 0.2) is 29.1 Å². The van der Waals surface area contributed by atoms with Crippen LogP contribution in [-0.4, -0.2) is 43.2 Å². The van der Waals surface area contributed by atoms with Gasteiger partial charge in [-0.2, -0.15) is 0 Å². The van der Waals surface area contributed by atoms with E-state index >= 15 is 0 Å². The maximum Gasteiger partial charge on any atom is 0.253 e. The number of nitrogens with zero attached hydrogens (tertiary/aromatic N) is 5. The van der Waals surface area contributed by atoms with Gasteiger partial charge in [-0.1, -0.05) is 25.5 Å². The normalized spacial score (nSPS) is 19.3. The van der Waals surface area contributed by atoms with Crippen molar-refractivity contribution in [3.63, 3.8) is 0 Å². The maximum atomic E-state index is 13.2. The molecule has 0 saturated carbocycles. The standard InChI is InChI=1S/C23H32N6O/c1-6-23(4,5)29-21(25-26-27-29)20(28-11-7-8-16(3)14-28)18-13-17-12-15(2)9-10-19(17)24-22(18)30/h9-10,12-13,16,20H,6-8,11,14H2,1-5H3,(H,24,30)/t16-,20+/m0/s1. The number of hydrogen-bond acceptors (Lipinski definition) is 5. The van der Waals surface area contributed by atoms with Gasteiger partial charge < -0.3 is 4.98 Å². The van der Waals surface area contributed by atoms with Crippen molar-refractivity contribution in [3.05, 3.63) is 51.6 Å². The average molecular weight is 409 g/mol. The van der Waals surface area contributed by atoms with E-state index in [2.05, 4.69) is 66.1 Å². The van der Waals surface area contributed by atoms with Crippen molar-refractivity contribution in [2.45, 2.75) is 65.5 Å². The first-order chi connectivity index (χ1) is 14.3. The highest BCUT2D eigenvalue weighted by atomic mass is 16.1. The first kappa shape index (κ1) is 20.7. The zero-order valence-electron chi connectivity index (χ0n) is 18.6. The van der Waals surface area contributed by atoms with Gasteiger partial charge in [-0.25, -0.2) is 4.68 Å². The van der Waals surface area contributed by atoms with Gasteiger partial charge in [0.1, 0.15) is 6.04 Å². The van der Waals surface area contributed by atoms with E-state index in [1.54, 1.807) is 0 Å². The monoisotopic (exact) mass is 408 g/mol. The summed E-state index contributed by atoms with van der Waals surface area (Å²) in [5, 5.41) is 13.9. The highest BCUT2D eigenvalue weighted by Gasteiger charge is 2.35. The second kappa shape index (κ2) is 7.95. The van der Waals surface area contributed by atoms with Crippen molar-refractivity contribution in [3.8, 4) is 0 Å². The lowest BCUT2D eigenvalue weighted by molar-refractivity contribution is 0.135. The van der Waals surface area contributed by atoms with Gasteiger partial charge in [-0.3, -0.25) is 9.69 Å². The number of likely N-dealkylation sites (tertiary alicyclic amines) is 1. The highest BCUT2D eigenvalue weighted by Crippen LogP contribution is 2.33. The average Bonchev–Trinajstić information content (AvgIpc) is 3.19. The van der Waals surface area contributed by atoms with E-state index in [1.165, 1.54) is 12.0 Å². The second-order valence-corrected chi connectivity index (χ2v) is 9.40. The molecule has 0 amide bonds. The Kier molecular flexibility index (Phi) is 5.49. The Hall–Kier alpha value is -2.54. The number of hydrogen-bond donors (Lipinski definition) is 1. The molecule has 0 radical (unpaired) electrons. The predicted octanol–water partition coefficient (Wildman–Crippen LogP) is 3.79. The summed E-state index contributed by atoms with van der Waals surface area (Å²) in [5.74, 6) is 1.32. The largest absolute Gasteiger partial charge is 0.322 e. The SMILES string of the molecule is CCC(C)(C)n1nnnc1[C@@H](c1cc2cc(C)ccc2[nH]c1=O)N1CCC[C@H](C)C1. The van der Waals surface area contributed by atoms with Crippen molar-refractivity contribution >= 4 is 10.9 Å². The number of tetrazole rings is 1. The quantitative estimate of drug-likeness (QED) is 0.695. The Balaban J connectivity index is 1.91. The number of H-pyrrole nitrogens is 1. The molecule has 7 heteroatoms. The van der Waals surface area contributed by atoms with Crippen molar-refractivity contribution in [2.24, 2.45) is 5.92 Å². The smallest absolute Gasteiger partial charge is 0.253 e. The van der Waals surface area contributed by atoms with Crippen molar-refractivity contribution in [1.82, 2.24) is 30.1 Å². The summed E-state index contributed by atoms with van der Waals surface area (Å²) in [6.45, 7) is 12.6. The van der Waals surface area contributed by atoms with Gasteiger partial charge in [0, 0.05) is 17.6 Å². The Bertz CT molecular complexity index is 1100. The Morgan fingerprint density at radius 1 is 1.30 bits per heavy atom. The third-order valence-corrected chi connectivity index (χ3v) is 6.55. The molecule has 30 heavy (non-hydrogen) atoms. The van der Waals surface area contributed by atoms with Crippen LogP contribution in [0, 0.1) is 12.8 Å². The lowest BCUT2D eigenvalue weighted by Crippen LogP contribution is -2.42. The molecule has 2 aromatic heterocycles. The van der Waals surface area contributed by atoms with E-state index in [0.717, 1.165) is 42.7 Å². The maximum absolute atomic E-state index is 13.2. The van der Waals surface area contributed by atoms with Crippen molar-refractivity contribution in [2.75, 3.05) is 13.1 Å². The lowest BCUT2D eigenvalue weighted by Gasteiger charge is -2.37. The number of pyridine rings is 1. The van der Waals surface area contributed by atoms with Crippen molar-refractivity contribution in [1.29, 1.82) is 0 Å². The van der Waals surface area contributed by atoms with Crippen LogP contribution in [0.25, 0.3) is 10.9 Å². The topological polar surface area (TPSA) is 79.7 Å². The Morgan fingerprint density at radius 2 is 2.10 bits per heavy atom. The summed E-state index contributed by atoms with van der Waals surface area (Å²) in [5.41, 5.74) is 2.43. The molecular weight excluding hydrogens is 376 g/mol. The van der Waals surface area contributed by atoms with Crippen LogP contribution in [0.1, 0.15) is 70.0 Å². The molecule has 3 aromatic rings. The van der Waals surface area contributed by atoms with Gasteiger partial charge in [-0.05, 0) is 86.5 Å². The minimum Gasteiger partial charge on any atom is -0.322 e. The number of piperidine rings is 1. The van der Waals surface area contributed by atoms with Crippen LogP contribution in [0.5, 0.6) is 0 Å². The zero-order chi connectivity index (χ0) is 21.5. The van der Waals surface area contributed by atoms with Gasteiger partial charge in [0.25, 0.3) is 5.56 Å². The molecule has 1 aliphatic rings. The number of aryl methyl sites for hydroxylation is 1. The van der Waals surface area contributed by atoms with E-state index < -0.39 is 0 Å². The molecule has 0 bridgehead atoms. The number of aromatic nitrogens is 5. The molecule has 1 aliphatic heterocycles. The van der Waals surface area contributed by atoms with Crippen LogP contribution >= 0.6 is 0 Å². The molecule has 160 valence electrons. The molecule has 1 aromatic carbocycles. The number of aromatic amines is 1. The number of benzene rings is 1. The Morgan fingerprint density at radius 3 is 2.83 bits per heavy atom. The number of nitrogens with one attached hydrogen (secondary N) is 1. The summed E-state index contributed by atoms with van der Waals surface area (Å²) >= 11 is 0. The minimum atomic E-state index is -0.276. The van der Waals surface area contributed by atoms with Crippen LogP contribution < -0.4 is 5.56 Å². The Labute approximate surface area is 177 Å². The fourth-order valence-corrected chi connectivity index (χ4v) is 4.45. The summed E-state index contributed by atoms with van der Waals surface area (Å²) in [6.07, 6.45) is 3.21. The molecular formula is C23H32N6O. The summed E-state index contributed by atoms with van der Waals surface area (Å²) in [4.78, 5) is 18.7. The van der Waals surface area contributed by atoms with E-state index in [9.17, 15) is 4.79 Å². The molecule has 1 N–H and O–H groups in total. The summed E-state index contributed by atoms with van der Waals surface area (Å²) < 4.78 is 1.91. The summed E-state index contributed by atoms with van der Waals surface area (Å²) in [7, 11) is 0. The summed E-state index contributed by atoms with van der Waals surface area (Å²) in [6, 6.07) is 7.86. The van der Waals surface area contributed by atoms with Crippen molar-refractivity contribution < 1.29 is 0 Å². The van der Waals surface area contributed by atoms with Crippen LogP contribution in [0.3, 0.4) is 0 Å². The van der Waals surface area contributed by atoms with Gasteiger partial charge >= 0.3 is 0 Å². The molecule has 0 unspecified atom stereocenters. The van der Waals surface area contributed by atoms with Gasteiger partial charge in [0.05, 0.1) is 5.54 Å². The molecule has 1 fully saturated rings. The lowest BCUT2D eigenvalue weighted by atomic mass is 9.94. The molecule has 0 aliphatic carbocycles. The van der Waals surface area contributed by atoms with Crippen LogP contribution in [0.4, 0.5) is 0 Å². The fraction of sp³-hybridized carbons (Fsp3) is 0.565. The molecule has 2 atom stereocenters. The van der Waals surface area contributed by atoms with E-state index in [1.807, 2.05) is 22.9 Å². The third-order valence-electron chi connectivity index (χ3n) is 6.55. The zero-order valence-corrected chi connectivity index (χ0v) is 18.6. The molecule has 7 nitrogen and oxygen atoms in total. The van der Waals surface area contributed by atoms with Gasteiger partial charge in [0.15, 0.2) is 5.82 Å². The van der Waals surface area contributed by atoms with Crippen LogP contribution in [0.2, 0.25) is 0 Å². The fourth-order valence-electron chi connectivity index (χ4n) is 4.45. The molecule has 3 heterocycles. The number of rotatable bonds is 5. The van der Waals surface area contributed by atoms with Gasteiger partial charge in [0.2, 0.25) is 0 Å². The van der Waals surface area contributed by atoms with E-state index in [4.69, 9.17) is 0 Å². The van der Waals surface area contributed by atoms with Gasteiger partial charge in [-0.15, -0.1) is 5.10 Å². The highest BCUT2D eigenvalue weighted by molar-refractivity contribution is 5.79. The van der Waals surface area contributed by atoms with E-state index in [-0.39, 0.29) is 17.1 Å². The third kappa shape index (κ3) is 3.78. The molecule has 4 rings (SSSR count). The minimum absolute atomic E-state index is 0.0709. The van der Waals surface area contributed by atoms with Crippen LogP contribution in [-0.2, 0) is 5.54 Å². The number of fused-ring (bicyclic) bond motifs is 1. The molecule has 1 saturated heterocycles. The molecule has 0 spiro atoms. The second-order valence-electron chi connectivity index (χ2n) is 9.40. The first-order valence-corrected chi connectivity index (χ1v) is 11.0.